The Balaban J connectivity index is 4.47. The molecule has 1 atom stereocenters. The summed E-state index contributed by atoms with van der Waals surface area (Å²) in [6.07, 6.45) is 96.1. The molecule has 0 aromatic carbocycles. The molecule has 81 heavy (non-hydrogen) atoms. The van der Waals surface area contributed by atoms with Crippen LogP contribution in [0.5, 0.6) is 0 Å². The van der Waals surface area contributed by atoms with Gasteiger partial charge in [-0.05, 0) is 116 Å². The van der Waals surface area contributed by atoms with Crippen molar-refractivity contribution >= 4 is 17.9 Å². The summed E-state index contributed by atoms with van der Waals surface area (Å²) in [6, 6.07) is 0. The molecule has 0 fully saturated rings. The second-order valence-electron chi connectivity index (χ2n) is 22.0. The summed E-state index contributed by atoms with van der Waals surface area (Å²) in [7, 11) is 0. The van der Waals surface area contributed by atoms with Crippen LogP contribution in [0.2, 0.25) is 0 Å². The van der Waals surface area contributed by atoms with Gasteiger partial charge in [-0.2, -0.15) is 0 Å². The lowest BCUT2D eigenvalue weighted by atomic mass is 10.0. The Hall–Kier alpha value is -4.45. The SMILES string of the molecule is CC/C=C\C/C=C\C/C=C\C/C=C\C/C=C\C/C=C\C/C=C\C/C=C\C/C=C\CCCC(=O)OCC(COC(=O)CCCCCCCCCCCCCCCCCCC)OC(=O)CCCCCCCCC/C=C\C/C=C\CCCCC. The van der Waals surface area contributed by atoms with Gasteiger partial charge in [0.15, 0.2) is 6.10 Å². The Bertz CT molecular complexity index is 1720. The summed E-state index contributed by atoms with van der Waals surface area (Å²) in [5.41, 5.74) is 0. The molecular weight excluding hydrogens is 997 g/mol. The number of ether oxygens (including phenoxy) is 3. The van der Waals surface area contributed by atoms with E-state index in [-0.39, 0.29) is 37.5 Å². The maximum absolute atomic E-state index is 12.9. The fourth-order valence-corrected chi connectivity index (χ4v) is 9.12. The second kappa shape index (κ2) is 68.1. The molecule has 1 unspecified atom stereocenters. The summed E-state index contributed by atoms with van der Waals surface area (Å²) in [4.78, 5) is 38.4. The first kappa shape index (κ1) is 76.5. The molecule has 0 saturated carbocycles. The van der Waals surface area contributed by atoms with Crippen molar-refractivity contribution < 1.29 is 28.6 Å². The van der Waals surface area contributed by atoms with Crippen LogP contribution in [0.25, 0.3) is 0 Å². The number of carbonyl (C=O) groups is 3. The zero-order valence-electron chi connectivity index (χ0n) is 52.8. The molecule has 6 heteroatoms. The standard InChI is InChI=1S/C75H124O6/c1-4-7-10-13-16-19-22-25-28-31-32-33-34-35-36-37-38-39-40-41-42-45-47-50-53-56-59-62-65-68-74(77)80-71-72(81-75(78)69-66-63-60-57-54-51-48-44-30-27-24-21-18-15-12-9-6-3)70-79-73(76)67-64-61-58-55-52-49-46-43-29-26-23-20-17-14-11-8-5-2/h7,10,16,18-19,21,25,27-28,30,32-33,35-36,38-39,41-42,47,50,56,59,72H,4-6,8-9,11-15,17,20,22-24,26,29,31,34,37,40,43-46,48-49,51-55,57-58,60-71H2,1-3H3/b10-7-,19-16-,21-18-,28-25-,30-27-,33-32-,36-35-,39-38-,42-41-,50-47-,59-56-. The van der Waals surface area contributed by atoms with Gasteiger partial charge in [0, 0.05) is 19.3 Å². The van der Waals surface area contributed by atoms with Crippen molar-refractivity contribution in [3.05, 3.63) is 134 Å². The van der Waals surface area contributed by atoms with E-state index in [1.54, 1.807) is 0 Å². The topological polar surface area (TPSA) is 78.9 Å². The van der Waals surface area contributed by atoms with E-state index in [1.807, 2.05) is 0 Å². The van der Waals surface area contributed by atoms with Crippen molar-refractivity contribution in [2.45, 2.75) is 309 Å². The van der Waals surface area contributed by atoms with Crippen molar-refractivity contribution in [2.24, 2.45) is 0 Å². The molecule has 0 aliphatic rings. The van der Waals surface area contributed by atoms with E-state index in [2.05, 4.69) is 154 Å². The highest BCUT2D eigenvalue weighted by Crippen LogP contribution is 2.16. The summed E-state index contributed by atoms with van der Waals surface area (Å²) < 4.78 is 16.9. The van der Waals surface area contributed by atoms with Crippen molar-refractivity contribution in [2.75, 3.05) is 13.2 Å². The average Bonchev–Trinajstić information content (AvgIpc) is 3.47. The van der Waals surface area contributed by atoms with Crippen molar-refractivity contribution in [1.29, 1.82) is 0 Å². The van der Waals surface area contributed by atoms with Crippen LogP contribution in [-0.2, 0) is 28.6 Å². The van der Waals surface area contributed by atoms with E-state index in [1.165, 1.54) is 141 Å². The summed E-state index contributed by atoms with van der Waals surface area (Å²) in [6.45, 7) is 6.47. The molecule has 0 bridgehead atoms. The molecule has 0 spiro atoms. The summed E-state index contributed by atoms with van der Waals surface area (Å²) in [5.74, 6) is -0.963. The first-order valence-corrected chi connectivity index (χ1v) is 33.7. The highest BCUT2D eigenvalue weighted by Gasteiger charge is 2.19. The Morgan fingerprint density at radius 1 is 0.259 bits per heavy atom. The van der Waals surface area contributed by atoms with E-state index in [4.69, 9.17) is 14.2 Å². The van der Waals surface area contributed by atoms with Crippen LogP contribution in [0, 0.1) is 0 Å². The third kappa shape index (κ3) is 66.2. The number of unbranched alkanes of at least 4 members (excludes halogenated alkanes) is 27. The maximum Gasteiger partial charge on any atom is 0.306 e. The van der Waals surface area contributed by atoms with Gasteiger partial charge >= 0.3 is 17.9 Å². The molecule has 6 nitrogen and oxygen atoms in total. The number of hydrogen-bond acceptors (Lipinski definition) is 6. The van der Waals surface area contributed by atoms with Crippen molar-refractivity contribution in [1.82, 2.24) is 0 Å². The van der Waals surface area contributed by atoms with Gasteiger partial charge < -0.3 is 14.2 Å². The Labute approximate surface area is 500 Å². The lowest BCUT2D eigenvalue weighted by Crippen LogP contribution is -2.30. The number of esters is 3. The third-order valence-electron chi connectivity index (χ3n) is 14.1. The lowest BCUT2D eigenvalue weighted by Gasteiger charge is -2.18. The van der Waals surface area contributed by atoms with E-state index in [0.717, 1.165) is 116 Å². The minimum absolute atomic E-state index is 0.0999. The highest BCUT2D eigenvalue weighted by atomic mass is 16.6. The number of allylic oxidation sites excluding steroid dienone is 22. The van der Waals surface area contributed by atoms with Gasteiger partial charge in [-0.3, -0.25) is 14.4 Å². The molecule has 0 rings (SSSR count). The first-order valence-electron chi connectivity index (χ1n) is 33.7. The van der Waals surface area contributed by atoms with E-state index in [9.17, 15) is 14.4 Å². The van der Waals surface area contributed by atoms with E-state index >= 15 is 0 Å². The van der Waals surface area contributed by atoms with Gasteiger partial charge in [0.2, 0.25) is 0 Å². The van der Waals surface area contributed by atoms with Crippen LogP contribution in [0.3, 0.4) is 0 Å². The van der Waals surface area contributed by atoms with Crippen LogP contribution in [-0.4, -0.2) is 37.2 Å². The van der Waals surface area contributed by atoms with Crippen LogP contribution < -0.4 is 0 Å². The Kier molecular flexibility index (Phi) is 64.3. The van der Waals surface area contributed by atoms with E-state index < -0.39 is 6.10 Å². The van der Waals surface area contributed by atoms with Crippen LogP contribution in [0.15, 0.2) is 134 Å². The fraction of sp³-hybridized carbons (Fsp3) is 0.667. The lowest BCUT2D eigenvalue weighted by molar-refractivity contribution is -0.167. The minimum atomic E-state index is -0.810. The Morgan fingerprint density at radius 3 is 0.827 bits per heavy atom. The minimum Gasteiger partial charge on any atom is -0.462 e. The van der Waals surface area contributed by atoms with Gasteiger partial charge in [0.25, 0.3) is 0 Å². The molecule has 0 aromatic rings. The highest BCUT2D eigenvalue weighted by molar-refractivity contribution is 5.71. The molecule has 0 aliphatic heterocycles. The zero-order chi connectivity index (χ0) is 58.5. The summed E-state index contributed by atoms with van der Waals surface area (Å²) in [5, 5.41) is 0. The largest absolute Gasteiger partial charge is 0.462 e. The molecule has 0 heterocycles. The van der Waals surface area contributed by atoms with Gasteiger partial charge in [0.1, 0.15) is 13.2 Å². The van der Waals surface area contributed by atoms with Gasteiger partial charge in [-0.25, -0.2) is 0 Å². The number of carbonyl (C=O) groups excluding carboxylic acids is 3. The smallest absolute Gasteiger partial charge is 0.306 e. The quantitative estimate of drug-likeness (QED) is 0.0261. The average molecular weight is 1120 g/mol. The number of rotatable bonds is 60. The van der Waals surface area contributed by atoms with Crippen molar-refractivity contribution in [3.63, 3.8) is 0 Å². The second-order valence-corrected chi connectivity index (χ2v) is 22.0. The molecular formula is C75H124O6. The van der Waals surface area contributed by atoms with Gasteiger partial charge in [0.05, 0.1) is 0 Å². The van der Waals surface area contributed by atoms with Crippen molar-refractivity contribution in [3.8, 4) is 0 Å². The maximum atomic E-state index is 12.9. The van der Waals surface area contributed by atoms with Gasteiger partial charge in [-0.15, -0.1) is 0 Å². The third-order valence-corrected chi connectivity index (χ3v) is 14.1. The monoisotopic (exact) mass is 1120 g/mol. The molecule has 0 N–H and O–H groups in total. The van der Waals surface area contributed by atoms with Crippen LogP contribution in [0.1, 0.15) is 303 Å². The normalized spacial score (nSPS) is 13.0. The Morgan fingerprint density at radius 2 is 0.494 bits per heavy atom. The number of hydrogen-bond donors (Lipinski definition) is 0. The van der Waals surface area contributed by atoms with Gasteiger partial charge in [-0.1, -0.05) is 302 Å². The predicted molar refractivity (Wildman–Crippen MR) is 353 cm³/mol. The molecule has 0 aromatic heterocycles. The first-order chi connectivity index (χ1) is 40.0. The summed E-state index contributed by atoms with van der Waals surface area (Å²) >= 11 is 0. The molecule has 0 saturated heterocycles. The molecule has 460 valence electrons. The molecule has 0 amide bonds. The van der Waals surface area contributed by atoms with Crippen LogP contribution in [0.4, 0.5) is 0 Å². The fourth-order valence-electron chi connectivity index (χ4n) is 9.12. The molecule has 0 radical (unpaired) electrons. The van der Waals surface area contributed by atoms with E-state index in [0.29, 0.717) is 19.3 Å². The predicted octanol–water partition coefficient (Wildman–Crippen LogP) is 23.3. The van der Waals surface area contributed by atoms with Crippen LogP contribution >= 0.6 is 0 Å². The zero-order valence-corrected chi connectivity index (χ0v) is 52.8. The molecule has 0 aliphatic carbocycles.